The van der Waals surface area contributed by atoms with Crippen molar-refractivity contribution in [3.05, 3.63) is 24.3 Å². The maximum absolute atomic E-state index is 11.8. The van der Waals surface area contributed by atoms with Crippen LogP contribution in [0.2, 0.25) is 0 Å². The molecule has 0 aromatic heterocycles. The number of hydrogen-bond donors (Lipinski definition) is 1. The molecular formula is C20H32BNO5. The van der Waals surface area contributed by atoms with Crippen molar-refractivity contribution in [2.24, 2.45) is 0 Å². The molecule has 1 heterocycles. The lowest BCUT2D eigenvalue weighted by Gasteiger charge is -2.32. The summed E-state index contributed by atoms with van der Waals surface area (Å²) in [6.07, 6.45) is -0.815. The van der Waals surface area contributed by atoms with Crippen LogP contribution in [0, 0.1) is 0 Å². The minimum Gasteiger partial charge on any atom is -0.490 e. The third kappa shape index (κ3) is 5.88. The lowest BCUT2D eigenvalue weighted by atomic mass is 9.79. The highest BCUT2D eigenvalue weighted by Gasteiger charge is 2.51. The Bertz CT molecular complexity index is 635. The number of carbonyl (C=O) groups excluding carboxylic acids is 1. The summed E-state index contributed by atoms with van der Waals surface area (Å²) in [6.45, 7) is 15.9. The fraction of sp³-hybridized carbons (Fsp3) is 0.650. The number of carbonyl (C=O) groups is 1. The zero-order chi connectivity index (χ0) is 20.5. The van der Waals surface area contributed by atoms with Crippen molar-refractivity contribution in [2.45, 2.75) is 78.2 Å². The average molecular weight is 377 g/mol. The van der Waals surface area contributed by atoms with Gasteiger partial charge in [0.2, 0.25) is 0 Å². The maximum Gasteiger partial charge on any atom is 0.494 e. The molecule has 0 bridgehead atoms. The fourth-order valence-corrected chi connectivity index (χ4v) is 2.47. The van der Waals surface area contributed by atoms with Crippen LogP contribution < -0.4 is 15.5 Å². The van der Waals surface area contributed by atoms with Crippen LogP contribution in [0.3, 0.4) is 0 Å². The summed E-state index contributed by atoms with van der Waals surface area (Å²) in [6, 6.07) is 7.58. The molecule has 0 spiro atoms. The average Bonchev–Trinajstić information content (AvgIpc) is 2.72. The van der Waals surface area contributed by atoms with Gasteiger partial charge in [-0.1, -0.05) is 12.1 Å². The lowest BCUT2D eigenvalue weighted by Crippen LogP contribution is -2.42. The Morgan fingerprint density at radius 3 is 2.11 bits per heavy atom. The summed E-state index contributed by atoms with van der Waals surface area (Å²) >= 11 is 0. The molecule has 2 rings (SSSR count). The van der Waals surface area contributed by atoms with Crippen molar-refractivity contribution in [1.82, 2.24) is 5.32 Å². The normalized spacial score (nSPS) is 19.5. The van der Waals surface area contributed by atoms with Gasteiger partial charge in [0.15, 0.2) is 0 Å². The molecule has 1 atom stereocenters. The van der Waals surface area contributed by atoms with Gasteiger partial charge in [-0.25, -0.2) is 4.79 Å². The molecule has 0 unspecified atom stereocenters. The predicted octanol–water partition coefficient (Wildman–Crippen LogP) is 3.28. The molecule has 1 aliphatic heterocycles. The number of ether oxygens (including phenoxy) is 2. The van der Waals surface area contributed by atoms with E-state index in [1.54, 1.807) is 6.92 Å². The summed E-state index contributed by atoms with van der Waals surface area (Å²) in [7, 11) is -0.396. The zero-order valence-electron chi connectivity index (χ0n) is 17.7. The first-order chi connectivity index (χ1) is 12.3. The van der Waals surface area contributed by atoms with E-state index in [2.05, 4.69) is 5.32 Å². The monoisotopic (exact) mass is 377 g/mol. The van der Waals surface area contributed by atoms with E-state index < -0.39 is 13.2 Å². The third-order valence-electron chi connectivity index (χ3n) is 4.68. The van der Waals surface area contributed by atoms with Gasteiger partial charge < -0.3 is 24.1 Å². The van der Waals surface area contributed by atoms with Crippen LogP contribution in [0.1, 0.15) is 55.4 Å². The minimum absolute atomic E-state index is 0.271. The molecule has 7 heteroatoms. The minimum atomic E-state index is -0.449. The molecule has 0 aliphatic carbocycles. The Labute approximate surface area is 163 Å². The highest BCUT2D eigenvalue weighted by Crippen LogP contribution is 2.36. The molecule has 0 saturated carbocycles. The number of hydrogen-bond acceptors (Lipinski definition) is 5. The summed E-state index contributed by atoms with van der Waals surface area (Å²) in [5.41, 5.74) is -0.128. The highest BCUT2D eigenvalue weighted by atomic mass is 16.7. The van der Waals surface area contributed by atoms with E-state index in [9.17, 15) is 4.79 Å². The van der Waals surface area contributed by atoms with E-state index in [0.29, 0.717) is 5.75 Å². The van der Waals surface area contributed by atoms with Gasteiger partial charge in [-0.15, -0.1) is 0 Å². The van der Waals surface area contributed by atoms with E-state index in [-0.39, 0.29) is 29.5 Å². The van der Waals surface area contributed by atoms with Crippen LogP contribution >= 0.6 is 0 Å². The van der Waals surface area contributed by atoms with Crippen LogP contribution in [0.5, 0.6) is 5.75 Å². The van der Waals surface area contributed by atoms with Crippen molar-refractivity contribution in [1.29, 1.82) is 0 Å². The topological polar surface area (TPSA) is 66.0 Å². The van der Waals surface area contributed by atoms with E-state index >= 15 is 0 Å². The van der Waals surface area contributed by atoms with Gasteiger partial charge in [-0.2, -0.15) is 0 Å². The fourth-order valence-electron chi connectivity index (χ4n) is 2.47. The first-order valence-electron chi connectivity index (χ1n) is 9.36. The number of amides is 1. The van der Waals surface area contributed by atoms with Crippen molar-refractivity contribution < 1.29 is 23.6 Å². The molecule has 1 aliphatic rings. The van der Waals surface area contributed by atoms with E-state index in [1.807, 2.05) is 72.7 Å². The van der Waals surface area contributed by atoms with Gasteiger partial charge in [-0.3, -0.25) is 0 Å². The highest BCUT2D eigenvalue weighted by molar-refractivity contribution is 6.62. The molecule has 150 valence electrons. The number of rotatable bonds is 5. The standard InChI is InChI=1S/C20H32BNO5/c1-14(25-17(23)22-18(2,3)4)13-24-16-11-9-15(10-12-16)21-26-19(5,6)20(7,8)27-21/h9-12,14H,13H2,1-8H3,(H,22,23)/t14-/m1/s1. The van der Waals surface area contributed by atoms with Crippen LogP contribution in [-0.4, -0.2) is 42.7 Å². The number of nitrogens with one attached hydrogen (secondary N) is 1. The van der Waals surface area contributed by atoms with Gasteiger partial charge in [0.1, 0.15) is 18.5 Å². The van der Waals surface area contributed by atoms with Crippen molar-refractivity contribution in [3.63, 3.8) is 0 Å². The lowest BCUT2D eigenvalue weighted by molar-refractivity contribution is 0.00578. The maximum atomic E-state index is 11.8. The predicted molar refractivity (Wildman–Crippen MR) is 106 cm³/mol. The number of alkyl carbamates (subject to hydrolysis) is 1. The first-order valence-corrected chi connectivity index (χ1v) is 9.36. The molecule has 6 nitrogen and oxygen atoms in total. The molecule has 27 heavy (non-hydrogen) atoms. The molecule has 1 amide bonds. The molecular weight excluding hydrogens is 345 g/mol. The van der Waals surface area contributed by atoms with Gasteiger partial charge >= 0.3 is 13.2 Å². The first kappa shape index (κ1) is 21.6. The van der Waals surface area contributed by atoms with E-state index in [4.69, 9.17) is 18.8 Å². The van der Waals surface area contributed by atoms with E-state index in [1.165, 1.54) is 0 Å². The second-order valence-corrected chi connectivity index (χ2v) is 9.06. The Kier molecular flexibility index (Phi) is 6.17. The van der Waals surface area contributed by atoms with Gasteiger partial charge in [-0.05, 0) is 73.0 Å². The number of benzene rings is 1. The zero-order valence-corrected chi connectivity index (χ0v) is 17.7. The van der Waals surface area contributed by atoms with Crippen LogP contribution in [-0.2, 0) is 14.0 Å². The van der Waals surface area contributed by atoms with Crippen LogP contribution in [0.25, 0.3) is 0 Å². The Balaban J connectivity index is 1.85. The largest absolute Gasteiger partial charge is 0.494 e. The summed E-state index contributed by atoms with van der Waals surface area (Å²) in [5, 5.41) is 2.76. The van der Waals surface area contributed by atoms with Gasteiger partial charge in [0.25, 0.3) is 0 Å². The van der Waals surface area contributed by atoms with Crippen molar-refractivity contribution in [2.75, 3.05) is 6.61 Å². The third-order valence-corrected chi connectivity index (χ3v) is 4.68. The Morgan fingerprint density at radius 1 is 1.11 bits per heavy atom. The Morgan fingerprint density at radius 2 is 1.63 bits per heavy atom. The quantitative estimate of drug-likeness (QED) is 0.798. The Hall–Kier alpha value is -1.73. The second-order valence-electron chi connectivity index (χ2n) is 9.06. The SMILES string of the molecule is C[C@H](COc1ccc(B2OC(C)(C)C(C)(C)O2)cc1)OC(=O)NC(C)(C)C. The van der Waals surface area contributed by atoms with Gasteiger partial charge in [0.05, 0.1) is 11.2 Å². The van der Waals surface area contributed by atoms with Crippen molar-refractivity contribution >= 4 is 18.7 Å². The summed E-state index contributed by atoms with van der Waals surface area (Å²) in [5.74, 6) is 0.696. The van der Waals surface area contributed by atoms with Gasteiger partial charge in [0, 0.05) is 5.54 Å². The molecule has 1 fully saturated rings. The molecule has 0 radical (unpaired) electrons. The summed E-state index contributed by atoms with van der Waals surface area (Å²) in [4.78, 5) is 11.8. The second kappa shape index (κ2) is 7.72. The molecule has 1 aromatic rings. The van der Waals surface area contributed by atoms with Crippen LogP contribution in [0.15, 0.2) is 24.3 Å². The van der Waals surface area contributed by atoms with E-state index in [0.717, 1.165) is 5.46 Å². The smallest absolute Gasteiger partial charge is 0.490 e. The van der Waals surface area contributed by atoms with Crippen molar-refractivity contribution in [3.8, 4) is 5.75 Å². The van der Waals surface area contributed by atoms with Crippen LogP contribution in [0.4, 0.5) is 4.79 Å². The summed E-state index contributed by atoms with van der Waals surface area (Å²) < 4.78 is 23.1. The molecule has 1 saturated heterocycles. The molecule has 1 aromatic carbocycles. The molecule has 1 N–H and O–H groups in total.